The third-order valence-electron chi connectivity index (χ3n) is 4.14. The highest BCUT2D eigenvalue weighted by Gasteiger charge is 2.25. The Morgan fingerprint density at radius 3 is 2.44 bits per heavy atom. The first-order valence-electron chi connectivity index (χ1n) is 8.79. The van der Waals surface area contributed by atoms with Gasteiger partial charge < -0.3 is 24.5 Å². The molecule has 0 spiro atoms. The Morgan fingerprint density at radius 2 is 1.85 bits per heavy atom. The van der Waals surface area contributed by atoms with Crippen LogP contribution in [0.25, 0.3) is 0 Å². The van der Waals surface area contributed by atoms with Crippen molar-refractivity contribution in [2.75, 3.05) is 20.8 Å². The van der Waals surface area contributed by atoms with E-state index in [0.29, 0.717) is 24.5 Å². The highest BCUT2D eigenvalue weighted by molar-refractivity contribution is 5.95. The number of furan rings is 1. The first-order valence-corrected chi connectivity index (χ1v) is 8.79. The van der Waals surface area contributed by atoms with Crippen molar-refractivity contribution in [3.63, 3.8) is 0 Å². The maximum absolute atomic E-state index is 12.5. The third kappa shape index (κ3) is 5.51. The van der Waals surface area contributed by atoms with Crippen LogP contribution in [0.3, 0.4) is 0 Å². The quantitative estimate of drug-likeness (QED) is 0.703. The molecule has 2 amide bonds. The maximum atomic E-state index is 12.5. The van der Waals surface area contributed by atoms with Gasteiger partial charge in [0.15, 0.2) is 17.3 Å². The van der Waals surface area contributed by atoms with Crippen LogP contribution < -0.4 is 20.1 Å². The highest BCUT2D eigenvalue weighted by Crippen LogP contribution is 2.27. The van der Waals surface area contributed by atoms with Crippen LogP contribution in [0.1, 0.15) is 30.0 Å². The number of hydrogen-bond acceptors (Lipinski definition) is 5. The summed E-state index contributed by atoms with van der Waals surface area (Å²) in [6, 6.07) is 8.17. The summed E-state index contributed by atoms with van der Waals surface area (Å²) in [5.74, 6) is 0.779. The van der Waals surface area contributed by atoms with Crippen molar-refractivity contribution in [2.24, 2.45) is 5.92 Å². The molecule has 2 N–H and O–H groups in total. The molecule has 1 atom stereocenters. The number of rotatable bonds is 9. The summed E-state index contributed by atoms with van der Waals surface area (Å²) in [5, 5.41) is 5.59. The van der Waals surface area contributed by atoms with E-state index < -0.39 is 11.9 Å². The fraction of sp³-hybridized carbons (Fsp3) is 0.400. The van der Waals surface area contributed by atoms with E-state index in [0.717, 1.165) is 5.56 Å². The van der Waals surface area contributed by atoms with Gasteiger partial charge in [-0.15, -0.1) is 0 Å². The lowest BCUT2D eigenvalue weighted by molar-refractivity contribution is -0.123. The minimum Gasteiger partial charge on any atom is -0.493 e. The van der Waals surface area contributed by atoms with E-state index in [9.17, 15) is 9.59 Å². The van der Waals surface area contributed by atoms with Crippen molar-refractivity contribution in [1.29, 1.82) is 0 Å². The largest absolute Gasteiger partial charge is 0.493 e. The molecule has 0 aliphatic rings. The van der Waals surface area contributed by atoms with Gasteiger partial charge in [-0.2, -0.15) is 0 Å². The predicted molar refractivity (Wildman–Crippen MR) is 101 cm³/mol. The standard InChI is InChI=1S/C20H26N2O5/c1-13(2)18(22-19(23)16-6-5-11-27-16)20(24)21-10-9-14-7-8-15(25-3)17(12-14)26-4/h5-8,11-13,18H,9-10H2,1-4H3,(H,21,24)(H,22,23)/t18-/m0/s1. The van der Waals surface area contributed by atoms with Crippen LogP contribution in [0.4, 0.5) is 0 Å². The minimum atomic E-state index is -0.645. The molecule has 0 unspecified atom stereocenters. The zero-order valence-electron chi connectivity index (χ0n) is 16.1. The maximum Gasteiger partial charge on any atom is 0.287 e. The molecule has 7 heteroatoms. The first-order chi connectivity index (χ1) is 13.0. The molecule has 2 aromatic rings. The van der Waals surface area contributed by atoms with Crippen LogP contribution in [0, 0.1) is 5.92 Å². The fourth-order valence-electron chi connectivity index (χ4n) is 2.63. The average Bonchev–Trinajstić information content (AvgIpc) is 3.20. The van der Waals surface area contributed by atoms with Gasteiger partial charge in [0, 0.05) is 6.54 Å². The highest BCUT2D eigenvalue weighted by atomic mass is 16.5. The van der Waals surface area contributed by atoms with Gasteiger partial charge >= 0.3 is 0 Å². The van der Waals surface area contributed by atoms with Gasteiger partial charge in [-0.1, -0.05) is 19.9 Å². The van der Waals surface area contributed by atoms with Crippen LogP contribution in [-0.4, -0.2) is 38.6 Å². The topological polar surface area (TPSA) is 89.8 Å². The zero-order chi connectivity index (χ0) is 19.8. The van der Waals surface area contributed by atoms with Crippen molar-refractivity contribution < 1.29 is 23.5 Å². The van der Waals surface area contributed by atoms with Gasteiger partial charge in [-0.25, -0.2) is 0 Å². The lowest BCUT2D eigenvalue weighted by Gasteiger charge is -2.21. The number of benzene rings is 1. The molecule has 0 aliphatic heterocycles. The Balaban J connectivity index is 1.91. The molecule has 1 aromatic heterocycles. The Bertz CT molecular complexity index is 756. The summed E-state index contributed by atoms with van der Waals surface area (Å²) < 4.78 is 15.6. The van der Waals surface area contributed by atoms with E-state index in [1.165, 1.54) is 6.26 Å². The Hall–Kier alpha value is -2.96. The van der Waals surface area contributed by atoms with Crippen LogP contribution in [0.15, 0.2) is 41.0 Å². The SMILES string of the molecule is COc1ccc(CCNC(=O)[C@@H](NC(=O)c2ccco2)C(C)C)cc1OC. The molecule has 1 heterocycles. The van der Waals surface area contributed by atoms with E-state index in [-0.39, 0.29) is 17.6 Å². The molecule has 1 aromatic carbocycles. The molecule has 0 saturated heterocycles. The molecule has 2 rings (SSSR count). The summed E-state index contributed by atoms with van der Waals surface area (Å²) in [5.41, 5.74) is 1.01. The Morgan fingerprint density at radius 1 is 1.11 bits per heavy atom. The second kappa shape index (κ2) is 9.66. The van der Waals surface area contributed by atoms with E-state index in [4.69, 9.17) is 13.9 Å². The van der Waals surface area contributed by atoms with E-state index in [1.807, 2.05) is 32.0 Å². The third-order valence-corrected chi connectivity index (χ3v) is 4.14. The summed E-state index contributed by atoms with van der Waals surface area (Å²) >= 11 is 0. The Labute approximate surface area is 159 Å². The van der Waals surface area contributed by atoms with E-state index in [1.54, 1.807) is 26.4 Å². The van der Waals surface area contributed by atoms with Gasteiger partial charge in [0.1, 0.15) is 6.04 Å². The molecule has 0 radical (unpaired) electrons. The molecule has 146 valence electrons. The monoisotopic (exact) mass is 374 g/mol. The molecule has 0 saturated carbocycles. The summed E-state index contributed by atoms with van der Waals surface area (Å²) in [6.07, 6.45) is 2.05. The number of hydrogen-bond donors (Lipinski definition) is 2. The number of carbonyl (C=O) groups excluding carboxylic acids is 2. The van der Waals surface area contributed by atoms with Crippen LogP contribution in [-0.2, 0) is 11.2 Å². The molecule has 0 bridgehead atoms. The smallest absolute Gasteiger partial charge is 0.287 e. The molecule has 0 aliphatic carbocycles. The number of amides is 2. The van der Waals surface area contributed by atoms with Crippen LogP contribution in [0.5, 0.6) is 11.5 Å². The van der Waals surface area contributed by atoms with Gasteiger partial charge in [-0.3, -0.25) is 9.59 Å². The zero-order valence-corrected chi connectivity index (χ0v) is 16.1. The van der Waals surface area contributed by atoms with Gasteiger partial charge in [0.25, 0.3) is 5.91 Å². The molecule has 27 heavy (non-hydrogen) atoms. The summed E-state index contributed by atoms with van der Waals surface area (Å²) in [6.45, 7) is 4.19. The summed E-state index contributed by atoms with van der Waals surface area (Å²) in [7, 11) is 3.17. The van der Waals surface area contributed by atoms with Crippen LogP contribution in [0.2, 0.25) is 0 Å². The second-order valence-corrected chi connectivity index (χ2v) is 6.40. The lowest BCUT2D eigenvalue weighted by atomic mass is 10.0. The normalized spacial score (nSPS) is 11.7. The average molecular weight is 374 g/mol. The van der Waals surface area contributed by atoms with Crippen molar-refractivity contribution in [1.82, 2.24) is 10.6 Å². The van der Waals surface area contributed by atoms with E-state index in [2.05, 4.69) is 10.6 Å². The van der Waals surface area contributed by atoms with Crippen molar-refractivity contribution in [2.45, 2.75) is 26.3 Å². The lowest BCUT2D eigenvalue weighted by Crippen LogP contribution is -2.50. The van der Waals surface area contributed by atoms with Gasteiger partial charge in [0.05, 0.1) is 20.5 Å². The number of methoxy groups -OCH3 is 2. The predicted octanol–water partition coefficient (Wildman–Crippen LogP) is 2.41. The number of nitrogens with one attached hydrogen (secondary N) is 2. The summed E-state index contributed by atoms with van der Waals surface area (Å²) in [4.78, 5) is 24.6. The van der Waals surface area contributed by atoms with Crippen molar-refractivity contribution in [3.8, 4) is 11.5 Å². The first kappa shape index (κ1) is 20.4. The van der Waals surface area contributed by atoms with Gasteiger partial charge in [0.2, 0.25) is 5.91 Å². The van der Waals surface area contributed by atoms with Crippen molar-refractivity contribution >= 4 is 11.8 Å². The van der Waals surface area contributed by atoms with Crippen molar-refractivity contribution in [3.05, 3.63) is 47.9 Å². The molecule has 7 nitrogen and oxygen atoms in total. The molecular weight excluding hydrogens is 348 g/mol. The number of carbonyl (C=O) groups is 2. The Kier molecular flexibility index (Phi) is 7.28. The van der Waals surface area contributed by atoms with E-state index >= 15 is 0 Å². The van der Waals surface area contributed by atoms with Crippen LogP contribution >= 0.6 is 0 Å². The minimum absolute atomic E-state index is 0.0648. The van der Waals surface area contributed by atoms with Gasteiger partial charge in [-0.05, 0) is 42.2 Å². The molecule has 0 fully saturated rings. The molecular formula is C20H26N2O5. The fourth-order valence-corrected chi connectivity index (χ4v) is 2.63. The number of ether oxygens (including phenoxy) is 2. The second-order valence-electron chi connectivity index (χ2n) is 6.40.